The number of halogens is 1. The van der Waals surface area contributed by atoms with Crippen LogP contribution in [0.3, 0.4) is 0 Å². The van der Waals surface area contributed by atoms with Gasteiger partial charge in [-0.3, -0.25) is 4.79 Å². The van der Waals surface area contributed by atoms with Gasteiger partial charge in [-0.15, -0.1) is 11.6 Å². The van der Waals surface area contributed by atoms with Crippen LogP contribution in [0.2, 0.25) is 0 Å². The number of alkyl halides is 1. The van der Waals surface area contributed by atoms with Crippen molar-refractivity contribution >= 4 is 17.5 Å². The SMILES string of the molecule is C[C@@H](O)[C@H](CN1CCC(C2CCC(Cl)CC2)C(C)(C)C1)NC(=O)C1CCCC(CO)C1. The second-order valence-electron chi connectivity index (χ2n) is 11.4. The highest BCUT2D eigenvalue weighted by molar-refractivity contribution is 6.20. The van der Waals surface area contributed by atoms with E-state index in [0.29, 0.717) is 11.9 Å². The number of hydrogen-bond acceptors (Lipinski definition) is 4. The maximum absolute atomic E-state index is 12.9. The highest BCUT2D eigenvalue weighted by atomic mass is 35.5. The fraction of sp³-hybridized carbons (Fsp3) is 0.960. The Labute approximate surface area is 194 Å². The number of nitrogens with zero attached hydrogens (tertiary/aromatic N) is 1. The van der Waals surface area contributed by atoms with E-state index in [4.69, 9.17) is 11.6 Å². The third-order valence-corrected chi connectivity index (χ3v) is 8.87. The van der Waals surface area contributed by atoms with Crippen molar-refractivity contribution in [1.82, 2.24) is 10.2 Å². The molecule has 5 atom stereocenters. The number of aliphatic hydroxyl groups excluding tert-OH is 2. The molecule has 0 spiro atoms. The lowest BCUT2D eigenvalue weighted by atomic mass is 9.64. The van der Waals surface area contributed by atoms with Crippen LogP contribution in [-0.2, 0) is 4.79 Å². The van der Waals surface area contributed by atoms with E-state index in [1.54, 1.807) is 6.92 Å². The maximum atomic E-state index is 12.9. The summed E-state index contributed by atoms with van der Waals surface area (Å²) in [6.45, 7) is 9.47. The average molecular weight is 457 g/mol. The summed E-state index contributed by atoms with van der Waals surface area (Å²) >= 11 is 6.34. The van der Waals surface area contributed by atoms with E-state index >= 15 is 0 Å². The first-order chi connectivity index (χ1) is 14.7. The van der Waals surface area contributed by atoms with E-state index in [-0.39, 0.29) is 35.8 Å². The topological polar surface area (TPSA) is 72.8 Å². The molecule has 3 rings (SSSR count). The number of hydrogen-bond donors (Lipinski definition) is 3. The second kappa shape index (κ2) is 11.2. The molecule has 6 heteroatoms. The van der Waals surface area contributed by atoms with Crippen LogP contribution < -0.4 is 5.32 Å². The summed E-state index contributed by atoms with van der Waals surface area (Å²) in [4.78, 5) is 15.3. The minimum Gasteiger partial charge on any atom is -0.396 e. The Kier molecular flexibility index (Phi) is 9.11. The molecule has 3 aliphatic rings. The molecule has 0 aromatic heterocycles. The first-order valence-electron chi connectivity index (χ1n) is 12.6. The van der Waals surface area contributed by atoms with Crippen LogP contribution in [0.15, 0.2) is 0 Å². The highest BCUT2D eigenvalue weighted by Crippen LogP contribution is 2.45. The summed E-state index contributed by atoms with van der Waals surface area (Å²) < 4.78 is 0. The van der Waals surface area contributed by atoms with Crippen LogP contribution in [0, 0.1) is 29.1 Å². The number of amides is 1. The summed E-state index contributed by atoms with van der Waals surface area (Å²) in [6.07, 6.45) is 9.07. The molecule has 3 unspecified atom stereocenters. The van der Waals surface area contributed by atoms with Crippen LogP contribution >= 0.6 is 11.6 Å². The molecule has 1 aliphatic heterocycles. The van der Waals surface area contributed by atoms with Crippen LogP contribution in [0.5, 0.6) is 0 Å². The van der Waals surface area contributed by atoms with Gasteiger partial charge in [-0.05, 0) is 88.0 Å². The predicted molar refractivity (Wildman–Crippen MR) is 126 cm³/mol. The van der Waals surface area contributed by atoms with Gasteiger partial charge in [-0.1, -0.05) is 20.3 Å². The largest absolute Gasteiger partial charge is 0.396 e. The highest BCUT2D eigenvalue weighted by Gasteiger charge is 2.41. The number of aliphatic hydroxyl groups is 2. The third-order valence-electron chi connectivity index (χ3n) is 8.44. The molecular formula is C25H45ClN2O3. The third kappa shape index (κ3) is 6.82. The van der Waals surface area contributed by atoms with Crippen molar-refractivity contribution in [2.75, 3.05) is 26.2 Å². The van der Waals surface area contributed by atoms with Gasteiger partial charge < -0.3 is 20.4 Å². The van der Waals surface area contributed by atoms with Crippen molar-refractivity contribution in [1.29, 1.82) is 0 Å². The average Bonchev–Trinajstić information content (AvgIpc) is 2.73. The van der Waals surface area contributed by atoms with Gasteiger partial charge in [0.15, 0.2) is 0 Å². The van der Waals surface area contributed by atoms with E-state index in [0.717, 1.165) is 63.5 Å². The van der Waals surface area contributed by atoms with Crippen molar-refractivity contribution in [2.24, 2.45) is 29.1 Å². The molecule has 1 amide bonds. The molecule has 0 aromatic carbocycles. The molecule has 31 heavy (non-hydrogen) atoms. The Hall–Kier alpha value is -0.360. The summed E-state index contributed by atoms with van der Waals surface area (Å²) in [5.74, 6) is 1.76. The Bertz CT molecular complexity index is 577. The van der Waals surface area contributed by atoms with Gasteiger partial charge in [-0.2, -0.15) is 0 Å². The van der Waals surface area contributed by atoms with E-state index in [9.17, 15) is 15.0 Å². The molecule has 0 bridgehead atoms. The van der Waals surface area contributed by atoms with Gasteiger partial charge in [0.1, 0.15) is 0 Å². The van der Waals surface area contributed by atoms with Crippen molar-refractivity contribution in [3.8, 4) is 0 Å². The van der Waals surface area contributed by atoms with E-state index < -0.39 is 6.10 Å². The molecule has 2 saturated carbocycles. The number of carbonyl (C=O) groups excluding carboxylic acids is 1. The Morgan fingerprint density at radius 3 is 2.48 bits per heavy atom. The summed E-state index contributed by atoms with van der Waals surface area (Å²) in [5, 5.41) is 23.4. The number of rotatable bonds is 7. The molecule has 3 fully saturated rings. The first kappa shape index (κ1) is 25.3. The van der Waals surface area contributed by atoms with Gasteiger partial charge in [0.05, 0.1) is 12.1 Å². The molecule has 0 aromatic rings. The van der Waals surface area contributed by atoms with Gasteiger partial charge in [0, 0.05) is 31.0 Å². The van der Waals surface area contributed by atoms with Crippen LogP contribution in [0.4, 0.5) is 0 Å². The fourth-order valence-electron chi connectivity index (χ4n) is 6.59. The molecule has 1 saturated heterocycles. The lowest BCUT2D eigenvalue weighted by molar-refractivity contribution is -0.128. The zero-order valence-electron chi connectivity index (χ0n) is 19.9. The van der Waals surface area contributed by atoms with E-state index in [1.165, 1.54) is 19.3 Å². The zero-order valence-corrected chi connectivity index (χ0v) is 20.6. The molecular weight excluding hydrogens is 412 g/mol. The summed E-state index contributed by atoms with van der Waals surface area (Å²) in [5.41, 5.74) is 0.229. The lowest BCUT2D eigenvalue weighted by Crippen LogP contribution is -2.55. The molecule has 0 radical (unpaired) electrons. The second-order valence-corrected chi connectivity index (χ2v) is 12.0. The van der Waals surface area contributed by atoms with Gasteiger partial charge >= 0.3 is 0 Å². The van der Waals surface area contributed by atoms with Gasteiger partial charge in [-0.25, -0.2) is 0 Å². The number of carbonyl (C=O) groups is 1. The Morgan fingerprint density at radius 1 is 1.16 bits per heavy atom. The van der Waals surface area contributed by atoms with Crippen molar-refractivity contribution in [3.63, 3.8) is 0 Å². The molecule has 1 heterocycles. The summed E-state index contributed by atoms with van der Waals surface area (Å²) in [7, 11) is 0. The smallest absolute Gasteiger partial charge is 0.223 e. The Morgan fingerprint density at radius 2 is 1.87 bits per heavy atom. The molecule has 5 nitrogen and oxygen atoms in total. The minimum atomic E-state index is -0.582. The maximum Gasteiger partial charge on any atom is 0.223 e. The van der Waals surface area contributed by atoms with Crippen LogP contribution in [-0.4, -0.2) is 64.8 Å². The quantitative estimate of drug-likeness (QED) is 0.509. The van der Waals surface area contributed by atoms with Crippen molar-refractivity contribution in [3.05, 3.63) is 0 Å². The molecule has 3 N–H and O–H groups in total. The molecule has 180 valence electrons. The number of nitrogens with one attached hydrogen (secondary N) is 1. The van der Waals surface area contributed by atoms with Gasteiger partial charge in [0.25, 0.3) is 0 Å². The normalized spacial score (nSPS) is 36.5. The van der Waals surface area contributed by atoms with E-state index in [1.807, 2.05) is 0 Å². The fourth-order valence-corrected chi connectivity index (χ4v) is 6.84. The van der Waals surface area contributed by atoms with Crippen molar-refractivity contribution in [2.45, 2.75) is 96.1 Å². The van der Waals surface area contributed by atoms with Crippen LogP contribution in [0.25, 0.3) is 0 Å². The standard InChI is InChI=1S/C25H45ClN2O3/c1-17(30)23(27-24(31)20-6-4-5-18(13-20)15-29)14-28-12-11-22(25(2,3)16-28)19-7-9-21(26)10-8-19/h17-23,29-30H,4-16H2,1-3H3,(H,27,31)/t17-,18?,19?,20?,21?,22?,23+/m1/s1. The molecule has 2 aliphatic carbocycles. The van der Waals surface area contributed by atoms with Crippen LogP contribution in [0.1, 0.15) is 78.6 Å². The minimum absolute atomic E-state index is 0.0358. The first-order valence-corrected chi connectivity index (χ1v) is 13.1. The predicted octanol–water partition coefficient (Wildman–Crippen LogP) is 3.80. The Balaban J connectivity index is 1.54. The zero-order chi connectivity index (χ0) is 22.6. The lowest BCUT2D eigenvalue weighted by Gasteiger charge is -2.49. The summed E-state index contributed by atoms with van der Waals surface area (Å²) in [6, 6.07) is -0.249. The van der Waals surface area contributed by atoms with Crippen molar-refractivity contribution < 1.29 is 15.0 Å². The number of piperidine rings is 1. The number of likely N-dealkylation sites (tertiary alicyclic amines) is 1. The van der Waals surface area contributed by atoms with E-state index in [2.05, 4.69) is 24.1 Å². The van der Waals surface area contributed by atoms with Gasteiger partial charge in [0.2, 0.25) is 5.91 Å². The monoisotopic (exact) mass is 456 g/mol.